The van der Waals surface area contributed by atoms with E-state index in [-0.39, 0.29) is 22.1 Å². The number of amides is 1. The minimum Gasteiger partial charge on any atom is -0.322 e. The number of alkyl halides is 3. The van der Waals surface area contributed by atoms with E-state index in [9.17, 15) is 22.4 Å². The standard InChI is InChI=1S/C16H10ClF4N5O/c17-11-4-5-12(18)13(7-11)22-14(27)8-26-24-15(23-25-26)9-2-1-3-10(6-9)16(19,20)21/h1-7H,8H2,(H,22,27). The largest absolute Gasteiger partial charge is 0.416 e. The molecule has 3 aromatic rings. The molecule has 0 spiro atoms. The molecule has 11 heteroatoms. The Morgan fingerprint density at radius 2 is 1.96 bits per heavy atom. The fraction of sp³-hybridized carbons (Fsp3) is 0.125. The molecule has 0 bridgehead atoms. The molecule has 0 aliphatic heterocycles. The van der Waals surface area contributed by atoms with E-state index < -0.39 is 30.0 Å². The number of anilines is 1. The number of hydrogen-bond donors (Lipinski definition) is 1. The Kier molecular flexibility index (Phi) is 5.08. The highest BCUT2D eigenvalue weighted by Crippen LogP contribution is 2.31. The Morgan fingerprint density at radius 3 is 2.70 bits per heavy atom. The number of hydrogen-bond acceptors (Lipinski definition) is 4. The number of nitrogens with one attached hydrogen (secondary N) is 1. The van der Waals surface area contributed by atoms with Gasteiger partial charge in [0.1, 0.15) is 12.4 Å². The van der Waals surface area contributed by atoms with E-state index in [0.717, 1.165) is 23.0 Å². The molecule has 1 amide bonds. The van der Waals surface area contributed by atoms with E-state index in [0.29, 0.717) is 0 Å². The van der Waals surface area contributed by atoms with Crippen LogP contribution in [0.2, 0.25) is 5.02 Å². The molecule has 1 N–H and O–H groups in total. The van der Waals surface area contributed by atoms with Crippen LogP contribution in [0.15, 0.2) is 42.5 Å². The molecule has 1 heterocycles. The number of tetrazole rings is 1. The van der Waals surface area contributed by atoms with Gasteiger partial charge < -0.3 is 5.32 Å². The molecular formula is C16H10ClF4N5O. The predicted octanol–water partition coefficient (Wildman–Crippen LogP) is 3.79. The number of benzene rings is 2. The summed E-state index contributed by atoms with van der Waals surface area (Å²) in [5.74, 6) is -1.42. The van der Waals surface area contributed by atoms with Gasteiger partial charge in [-0.2, -0.15) is 18.0 Å². The van der Waals surface area contributed by atoms with E-state index in [1.807, 2.05) is 0 Å². The Morgan fingerprint density at radius 1 is 1.19 bits per heavy atom. The molecule has 0 atom stereocenters. The van der Waals surface area contributed by atoms with Crippen LogP contribution >= 0.6 is 11.6 Å². The highest BCUT2D eigenvalue weighted by Gasteiger charge is 2.30. The van der Waals surface area contributed by atoms with E-state index in [2.05, 4.69) is 20.7 Å². The lowest BCUT2D eigenvalue weighted by Crippen LogP contribution is -2.21. The first kappa shape index (κ1) is 18.8. The number of nitrogens with zero attached hydrogens (tertiary/aromatic N) is 4. The number of carbonyl (C=O) groups is 1. The van der Waals surface area contributed by atoms with Gasteiger partial charge in [-0.3, -0.25) is 4.79 Å². The molecule has 0 aliphatic rings. The van der Waals surface area contributed by atoms with Crippen molar-refractivity contribution in [3.05, 3.63) is 58.9 Å². The molecule has 0 saturated carbocycles. The van der Waals surface area contributed by atoms with Crippen LogP contribution in [0.3, 0.4) is 0 Å². The summed E-state index contributed by atoms with van der Waals surface area (Å²) in [6.45, 7) is -0.419. The lowest BCUT2D eigenvalue weighted by atomic mass is 10.1. The number of halogens is 5. The quantitative estimate of drug-likeness (QED) is 0.677. The van der Waals surface area contributed by atoms with Gasteiger partial charge >= 0.3 is 6.18 Å². The van der Waals surface area contributed by atoms with E-state index in [4.69, 9.17) is 11.6 Å². The van der Waals surface area contributed by atoms with Gasteiger partial charge in [0.2, 0.25) is 11.7 Å². The zero-order chi connectivity index (χ0) is 19.6. The Bertz CT molecular complexity index is 989. The fourth-order valence-electron chi connectivity index (χ4n) is 2.17. The summed E-state index contributed by atoms with van der Waals surface area (Å²) in [5, 5.41) is 13.7. The normalized spacial score (nSPS) is 11.4. The van der Waals surface area contributed by atoms with Crippen LogP contribution in [0.4, 0.5) is 23.2 Å². The smallest absolute Gasteiger partial charge is 0.322 e. The van der Waals surface area contributed by atoms with Gasteiger partial charge in [-0.15, -0.1) is 10.2 Å². The van der Waals surface area contributed by atoms with Crippen molar-refractivity contribution in [3.63, 3.8) is 0 Å². The molecule has 3 rings (SSSR count). The van der Waals surface area contributed by atoms with Crippen molar-refractivity contribution in [1.82, 2.24) is 20.2 Å². The lowest BCUT2D eigenvalue weighted by molar-refractivity contribution is -0.137. The van der Waals surface area contributed by atoms with Crippen molar-refractivity contribution in [2.75, 3.05) is 5.32 Å². The third kappa shape index (κ3) is 4.59. The second kappa shape index (κ2) is 7.31. The first-order valence-electron chi connectivity index (χ1n) is 7.43. The lowest BCUT2D eigenvalue weighted by Gasteiger charge is -2.07. The van der Waals surface area contributed by atoms with Crippen molar-refractivity contribution in [2.45, 2.75) is 12.7 Å². The second-order valence-electron chi connectivity index (χ2n) is 5.39. The van der Waals surface area contributed by atoms with Crippen molar-refractivity contribution < 1.29 is 22.4 Å². The van der Waals surface area contributed by atoms with Crippen molar-refractivity contribution >= 4 is 23.2 Å². The Hall–Kier alpha value is -3.01. The summed E-state index contributed by atoms with van der Waals surface area (Å²) < 4.78 is 51.9. The van der Waals surface area contributed by atoms with Gasteiger partial charge in [-0.05, 0) is 35.5 Å². The number of carbonyl (C=O) groups excluding carboxylic acids is 1. The average molecular weight is 400 g/mol. The van der Waals surface area contributed by atoms with Gasteiger partial charge in [0.15, 0.2) is 0 Å². The average Bonchev–Trinajstić information content (AvgIpc) is 3.06. The molecule has 0 unspecified atom stereocenters. The third-order valence-corrected chi connectivity index (χ3v) is 3.62. The maximum atomic E-state index is 13.6. The maximum absolute atomic E-state index is 13.6. The van der Waals surface area contributed by atoms with Gasteiger partial charge in [0, 0.05) is 10.6 Å². The van der Waals surface area contributed by atoms with Crippen LogP contribution in [0, 0.1) is 5.82 Å². The summed E-state index contributed by atoms with van der Waals surface area (Å²) in [6.07, 6.45) is -4.51. The zero-order valence-electron chi connectivity index (χ0n) is 13.3. The molecular weight excluding hydrogens is 390 g/mol. The number of aromatic nitrogens is 4. The Balaban J connectivity index is 1.73. The van der Waals surface area contributed by atoms with E-state index >= 15 is 0 Å². The van der Waals surface area contributed by atoms with Crippen LogP contribution in [-0.4, -0.2) is 26.1 Å². The van der Waals surface area contributed by atoms with E-state index in [1.54, 1.807) is 0 Å². The van der Waals surface area contributed by atoms with Gasteiger partial charge in [-0.1, -0.05) is 23.7 Å². The maximum Gasteiger partial charge on any atom is 0.416 e. The van der Waals surface area contributed by atoms with Crippen molar-refractivity contribution in [3.8, 4) is 11.4 Å². The molecule has 0 saturated heterocycles. The minimum absolute atomic E-state index is 0.0807. The monoisotopic (exact) mass is 399 g/mol. The minimum atomic E-state index is -4.51. The molecule has 6 nitrogen and oxygen atoms in total. The molecule has 27 heavy (non-hydrogen) atoms. The van der Waals surface area contributed by atoms with Crippen LogP contribution in [0.1, 0.15) is 5.56 Å². The highest BCUT2D eigenvalue weighted by molar-refractivity contribution is 6.30. The zero-order valence-corrected chi connectivity index (χ0v) is 14.1. The van der Waals surface area contributed by atoms with Crippen molar-refractivity contribution in [1.29, 1.82) is 0 Å². The summed E-state index contributed by atoms with van der Waals surface area (Å²) in [4.78, 5) is 12.9. The summed E-state index contributed by atoms with van der Waals surface area (Å²) in [7, 11) is 0. The number of rotatable bonds is 4. The topological polar surface area (TPSA) is 72.7 Å². The summed E-state index contributed by atoms with van der Waals surface area (Å²) in [6, 6.07) is 8.05. The predicted molar refractivity (Wildman–Crippen MR) is 88.3 cm³/mol. The SMILES string of the molecule is O=C(Cn1nnc(-c2cccc(C(F)(F)F)c2)n1)Nc1cc(Cl)ccc1F. The van der Waals surface area contributed by atoms with Gasteiger partial charge in [0.05, 0.1) is 11.3 Å². The third-order valence-electron chi connectivity index (χ3n) is 3.39. The highest BCUT2D eigenvalue weighted by atomic mass is 35.5. The van der Waals surface area contributed by atoms with Crippen LogP contribution < -0.4 is 5.32 Å². The summed E-state index contributed by atoms with van der Waals surface area (Å²) >= 11 is 5.74. The molecule has 1 aromatic heterocycles. The summed E-state index contributed by atoms with van der Waals surface area (Å²) in [5.41, 5.74) is -0.881. The molecule has 2 aromatic carbocycles. The molecule has 140 valence electrons. The van der Waals surface area contributed by atoms with Gasteiger partial charge in [-0.25, -0.2) is 4.39 Å². The fourth-order valence-corrected chi connectivity index (χ4v) is 2.34. The van der Waals surface area contributed by atoms with Crippen LogP contribution in [-0.2, 0) is 17.5 Å². The molecule has 0 radical (unpaired) electrons. The van der Waals surface area contributed by atoms with Crippen LogP contribution in [0.5, 0.6) is 0 Å². The first-order valence-corrected chi connectivity index (χ1v) is 7.80. The molecule has 0 fully saturated rings. The van der Waals surface area contributed by atoms with Crippen molar-refractivity contribution in [2.24, 2.45) is 0 Å². The van der Waals surface area contributed by atoms with E-state index in [1.165, 1.54) is 24.3 Å². The second-order valence-corrected chi connectivity index (χ2v) is 5.83. The molecule has 0 aliphatic carbocycles. The Labute approximate surface area is 154 Å². The first-order chi connectivity index (χ1) is 12.7. The van der Waals surface area contributed by atoms with Gasteiger partial charge in [0.25, 0.3) is 0 Å². The van der Waals surface area contributed by atoms with Crippen LogP contribution in [0.25, 0.3) is 11.4 Å².